The standard InChI is InChI=1S/C12H19N9O7/c13-19-16-3-1-4(17-20-14)11(10(26)7(3)23)28-12-6(18-21-15)9(25)8(24)5(2-22)27-12/h3-12,22-26H,1-2H2/t3?,4?,5?,6?,7?,8-,9?,10?,11-,12-/m1/s1. The Kier molecular flexibility index (Phi) is 7.62. The van der Waals surface area contributed by atoms with E-state index in [0.717, 1.165) is 0 Å². The van der Waals surface area contributed by atoms with Gasteiger partial charge in [0.2, 0.25) is 0 Å². The van der Waals surface area contributed by atoms with Gasteiger partial charge in [-0.1, -0.05) is 15.3 Å². The van der Waals surface area contributed by atoms with Gasteiger partial charge < -0.3 is 35.0 Å². The summed E-state index contributed by atoms with van der Waals surface area (Å²) in [6.45, 7) is -0.699. The topological polar surface area (TPSA) is 266 Å². The summed E-state index contributed by atoms with van der Waals surface area (Å²) in [6, 6.07) is -3.66. The van der Waals surface area contributed by atoms with Crippen molar-refractivity contribution < 1.29 is 35.0 Å². The molecule has 7 unspecified atom stereocenters. The van der Waals surface area contributed by atoms with Crippen LogP contribution >= 0.6 is 0 Å². The Morgan fingerprint density at radius 2 is 1.46 bits per heavy atom. The van der Waals surface area contributed by atoms with Crippen LogP contribution in [0.15, 0.2) is 15.3 Å². The van der Waals surface area contributed by atoms with Crippen LogP contribution in [0.1, 0.15) is 6.42 Å². The minimum Gasteiger partial charge on any atom is -0.394 e. The highest BCUT2D eigenvalue weighted by molar-refractivity contribution is 5.02. The zero-order valence-corrected chi connectivity index (χ0v) is 14.3. The van der Waals surface area contributed by atoms with E-state index in [4.69, 9.17) is 26.1 Å². The normalized spacial score (nSPS) is 43.2. The van der Waals surface area contributed by atoms with Crippen molar-refractivity contribution in [2.75, 3.05) is 6.61 Å². The summed E-state index contributed by atoms with van der Waals surface area (Å²) in [5, 5.41) is 60.0. The molecule has 1 saturated heterocycles. The van der Waals surface area contributed by atoms with Gasteiger partial charge in [-0.3, -0.25) is 0 Å². The fourth-order valence-corrected chi connectivity index (χ4v) is 3.22. The third-order valence-corrected chi connectivity index (χ3v) is 4.67. The number of hydrogen-bond acceptors (Lipinski definition) is 10. The highest BCUT2D eigenvalue weighted by atomic mass is 16.7. The molecule has 0 spiro atoms. The molecule has 1 heterocycles. The Morgan fingerprint density at radius 3 is 2.04 bits per heavy atom. The predicted molar refractivity (Wildman–Crippen MR) is 88.1 cm³/mol. The van der Waals surface area contributed by atoms with Crippen molar-refractivity contribution in [2.45, 2.75) is 67.5 Å². The molecule has 2 aliphatic rings. The average molecular weight is 401 g/mol. The molecule has 2 fully saturated rings. The number of aliphatic hydroxyl groups excluding tert-OH is 5. The largest absolute Gasteiger partial charge is 0.394 e. The Labute approximate surface area is 156 Å². The first-order valence-electron chi connectivity index (χ1n) is 8.16. The third kappa shape index (κ3) is 4.38. The van der Waals surface area contributed by atoms with Crippen molar-refractivity contribution in [3.05, 3.63) is 31.3 Å². The Hall–Kier alpha value is -2.35. The van der Waals surface area contributed by atoms with Crippen molar-refractivity contribution in [1.29, 1.82) is 0 Å². The van der Waals surface area contributed by atoms with Crippen molar-refractivity contribution in [1.82, 2.24) is 0 Å². The fraction of sp³-hybridized carbons (Fsp3) is 1.00. The first kappa shape index (κ1) is 21.9. The van der Waals surface area contributed by atoms with E-state index in [1.165, 1.54) is 0 Å². The number of hydrogen-bond donors (Lipinski definition) is 5. The van der Waals surface area contributed by atoms with E-state index in [1.54, 1.807) is 0 Å². The van der Waals surface area contributed by atoms with E-state index in [2.05, 4.69) is 30.1 Å². The smallest absolute Gasteiger partial charge is 0.169 e. The third-order valence-electron chi connectivity index (χ3n) is 4.67. The second kappa shape index (κ2) is 9.73. The SMILES string of the molecule is [N-]=[N+]=NC1CC(N=[N+]=[N-])[C@@H](O[C@H]2OC(CO)[C@@H](O)C(O)C2N=[N+]=[N-])C(O)C1O. The minimum atomic E-state index is -1.69. The van der Waals surface area contributed by atoms with Crippen LogP contribution in [-0.4, -0.2) is 93.2 Å². The van der Waals surface area contributed by atoms with Crippen LogP contribution in [0, 0.1) is 0 Å². The highest BCUT2D eigenvalue weighted by Gasteiger charge is 2.49. The number of aliphatic hydroxyl groups is 5. The first-order chi connectivity index (χ1) is 13.4. The van der Waals surface area contributed by atoms with Gasteiger partial charge in [0.15, 0.2) is 6.29 Å². The Bertz CT molecular complexity index is 693. The predicted octanol–water partition coefficient (Wildman–Crippen LogP) is -1.03. The summed E-state index contributed by atoms with van der Waals surface area (Å²) < 4.78 is 10.9. The summed E-state index contributed by atoms with van der Waals surface area (Å²) in [5.74, 6) is 0. The zero-order valence-electron chi connectivity index (χ0n) is 14.3. The molecule has 0 aromatic rings. The number of azide groups is 3. The van der Waals surface area contributed by atoms with Crippen molar-refractivity contribution >= 4 is 0 Å². The lowest BCUT2D eigenvalue weighted by molar-refractivity contribution is -0.293. The maximum atomic E-state index is 10.4. The van der Waals surface area contributed by atoms with E-state index in [9.17, 15) is 25.5 Å². The molecule has 0 bridgehead atoms. The molecular weight excluding hydrogens is 382 g/mol. The van der Waals surface area contributed by atoms with Crippen LogP contribution in [-0.2, 0) is 9.47 Å². The Balaban J connectivity index is 2.31. The van der Waals surface area contributed by atoms with Crippen molar-refractivity contribution in [3.8, 4) is 0 Å². The molecular formula is C12H19N9O7. The Morgan fingerprint density at radius 1 is 0.857 bits per heavy atom. The molecule has 0 aromatic heterocycles. The molecule has 16 nitrogen and oxygen atoms in total. The van der Waals surface area contributed by atoms with Crippen molar-refractivity contribution in [2.24, 2.45) is 15.3 Å². The van der Waals surface area contributed by atoms with Gasteiger partial charge in [0.1, 0.15) is 24.4 Å². The summed E-state index contributed by atoms with van der Waals surface area (Å²) in [4.78, 5) is 7.75. The second-order valence-corrected chi connectivity index (χ2v) is 6.26. The highest BCUT2D eigenvalue weighted by Crippen LogP contribution is 2.32. The molecule has 0 radical (unpaired) electrons. The summed E-state index contributed by atoms with van der Waals surface area (Å²) in [6.07, 6.45) is -10.9. The number of ether oxygens (including phenoxy) is 2. The van der Waals surface area contributed by atoms with Crippen molar-refractivity contribution in [3.63, 3.8) is 0 Å². The van der Waals surface area contributed by atoms with Crippen LogP contribution in [0.4, 0.5) is 0 Å². The van der Waals surface area contributed by atoms with E-state index in [1.807, 2.05) is 0 Å². The summed E-state index contributed by atoms with van der Waals surface area (Å²) in [5.41, 5.74) is 26.0. The van der Waals surface area contributed by atoms with Gasteiger partial charge in [-0.25, -0.2) is 0 Å². The molecule has 28 heavy (non-hydrogen) atoms. The van der Waals surface area contributed by atoms with Gasteiger partial charge in [-0.05, 0) is 23.0 Å². The average Bonchev–Trinajstić information content (AvgIpc) is 2.68. The fourth-order valence-electron chi connectivity index (χ4n) is 3.22. The molecule has 5 N–H and O–H groups in total. The van der Waals surface area contributed by atoms with Gasteiger partial charge in [0, 0.05) is 14.7 Å². The molecule has 154 valence electrons. The van der Waals surface area contributed by atoms with Gasteiger partial charge in [-0.2, -0.15) is 0 Å². The maximum Gasteiger partial charge on any atom is 0.169 e. The summed E-state index contributed by atoms with van der Waals surface area (Å²) in [7, 11) is 0. The first-order valence-corrected chi connectivity index (χ1v) is 8.16. The lowest BCUT2D eigenvalue weighted by Gasteiger charge is -2.45. The molecule has 1 aliphatic carbocycles. The van der Waals surface area contributed by atoms with Crippen LogP contribution in [0.2, 0.25) is 0 Å². The number of nitrogens with zero attached hydrogens (tertiary/aromatic N) is 9. The maximum absolute atomic E-state index is 10.4. The second-order valence-electron chi connectivity index (χ2n) is 6.26. The summed E-state index contributed by atoms with van der Waals surface area (Å²) >= 11 is 0. The molecule has 0 amide bonds. The van der Waals surface area contributed by atoms with Gasteiger partial charge in [0.05, 0.1) is 37.0 Å². The number of rotatable bonds is 6. The molecule has 10 atom stereocenters. The molecule has 0 aromatic carbocycles. The van der Waals surface area contributed by atoms with E-state index in [-0.39, 0.29) is 6.42 Å². The lowest BCUT2D eigenvalue weighted by Crippen LogP contribution is -2.62. The van der Waals surface area contributed by atoms with Gasteiger partial charge in [-0.15, -0.1) is 0 Å². The molecule has 1 saturated carbocycles. The molecule has 1 aliphatic heterocycles. The van der Waals surface area contributed by atoms with Crippen LogP contribution < -0.4 is 0 Å². The van der Waals surface area contributed by atoms with E-state index < -0.39 is 67.6 Å². The lowest BCUT2D eigenvalue weighted by atomic mass is 9.84. The quantitative estimate of drug-likeness (QED) is 0.209. The van der Waals surface area contributed by atoms with Crippen LogP contribution in [0.25, 0.3) is 31.3 Å². The zero-order chi connectivity index (χ0) is 20.8. The van der Waals surface area contributed by atoms with E-state index >= 15 is 0 Å². The van der Waals surface area contributed by atoms with Crippen LogP contribution in [0.5, 0.6) is 0 Å². The van der Waals surface area contributed by atoms with E-state index in [0.29, 0.717) is 0 Å². The van der Waals surface area contributed by atoms with Gasteiger partial charge >= 0.3 is 0 Å². The van der Waals surface area contributed by atoms with Crippen LogP contribution in [0.3, 0.4) is 0 Å². The minimum absolute atomic E-state index is 0.162. The van der Waals surface area contributed by atoms with Gasteiger partial charge in [0.25, 0.3) is 0 Å². The molecule has 16 heteroatoms. The monoisotopic (exact) mass is 401 g/mol. The molecule has 2 rings (SSSR count).